The zero-order chi connectivity index (χ0) is 21.3. The van der Waals surface area contributed by atoms with Crippen LogP contribution in [0.5, 0.6) is 0 Å². The summed E-state index contributed by atoms with van der Waals surface area (Å²) in [5.74, 6) is 0. The molecule has 0 radical (unpaired) electrons. The molecule has 2 heterocycles. The predicted molar refractivity (Wildman–Crippen MR) is 103 cm³/mol. The van der Waals surface area contributed by atoms with Crippen LogP contribution in [0.1, 0.15) is 20.1 Å². The standard InChI is InChI=1S/C13H23N3O9P2S/c1-7(2)26(19,28)25-10-8(6-14-27(20,21)22)24-12(11(10)23-3)16-5-4-9(17)15-13(16)18/h4-5,7-8,10-12H,6H2,1-3H3,(H,19,28)(H,15,17,18)(H3,14,20,21,22)/t8-,10?,11+,12-,26?/m1/s1. The summed E-state index contributed by atoms with van der Waals surface area (Å²) in [6, 6.07) is 1.11. The third-order valence-electron chi connectivity index (χ3n) is 4.11. The molecule has 0 saturated carbocycles. The van der Waals surface area contributed by atoms with Gasteiger partial charge >= 0.3 is 13.4 Å². The predicted octanol–water partition coefficient (Wildman–Crippen LogP) is -0.773. The Labute approximate surface area is 165 Å². The molecule has 160 valence electrons. The third-order valence-corrected chi connectivity index (χ3v) is 8.08. The average molecular weight is 459 g/mol. The van der Waals surface area contributed by atoms with Gasteiger partial charge in [0.2, 0.25) is 0 Å². The topological polar surface area (TPSA) is 172 Å². The van der Waals surface area contributed by atoms with Crippen LogP contribution < -0.4 is 16.3 Å². The van der Waals surface area contributed by atoms with Gasteiger partial charge < -0.3 is 28.7 Å². The van der Waals surface area contributed by atoms with E-state index in [4.69, 9.17) is 35.6 Å². The molecule has 2 unspecified atom stereocenters. The minimum absolute atomic E-state index is 0.364. The second-order valence-corrected chi connectivity index (χ2v) is 11.8. The van der Waals surface area contributed by atoms with Crippen molar-refractivity contribution in [3.8, 4) is 0 Å². The van der Waals surface area contributed by atoms with Gasteiger partial charge in [-0.3, -0.25) is 14.3 Å². The second kappa shape index (κ2) is 8.97. The number of ether oxygens (including phenoxy) is 2. The first-order valence-corrected chi connectivity index (χ1v) is 12.5. The summed E-state index contributed by atoms with van der Waals surface area (Å²) in [5, 5.41) is 2.01. The van der Waals surface area contributed by atoms with E-state index in [0.717, 1.165) is 10.6 Å². The van der Waals surface area contributed by atoms with Gasteiger partial charge in [0, 0.05) is 31.6 Å². The maximum Gasteiger partial charge on any atom is 0.400 e. The lowest BCUT2D eigenvalue weighted by atomic mass is 10.1. The average Bonchev–Trinajstić information content (AvgIpc) is 2.88. The highest BCUT2D eigenvalue weighted by Gasteiger charge is 2.49. The molecule has 0 amide bonds. The van der Waals surface area contributed by atoms with Gasteiger partial charge in [0.05, 0.1) is 0 Å². The van der Waals surface area contributed by atoms with Crippen molar-refractivity contribution in [2.24, 2.45) is 0 Å². The SMILES string of the molecule is CO[C@H]1C(OP(O)(=S)C(C)C)[C@@H](CNP(=O)(O)O)O[C@H]1n1ccc(=O)[nH]c1=O. The molecule has 0 aromatic carbocycles. The van der Waals surface area contributed by atoms with E-state index in [1.165, 1.54) is 13.3 Å². The number of methoxy groups -OCH3 is 1. The summed E-state index contributed by atoms with van der Waals surface area (Å²) in [7, 11) is -3.25. The lowest BCUT2D eigenvalue weighted by molar-refractivity contribution is -0.0525. The highest BCUT2D eigenvalue weighted by molar-refractivity contribution is 8.09. The lowest BCUT2D eigenvalue weighted by Crippen LogP contribution is -2.41. The molecule has 1 saturated heterocycles. The molecule has 1 aliphatic rings. The largest absolute Gasteiger partial charge is 0.400 e. The zero-order valence-corrected chi connectivity index (χ0v) is 17.9. The van der Waals surface area contributed by atoms with Crippen LogP contribution >= 0.6 is 14.2 Å². The highest BCUT2D eigenvalue weighted by atomic mass is 32.5. The van der Waals surface area contributed by atoms with E-state index in [0.29, 0.717) is 0 Å². The van der Waals surface area contributed by atoms with Crippen LogP contribution in [0.25, 0.3) is 0 Å². The van der Waals surface area contributed by atoms with E-state index >= 15 is 0 Å². The maximum absolute atomic E-state index is 12.1. The van der Waals surface area contributed by atoms with Gasteiger partial charge in [0.1, 0.15) is 18.3 Å². The minimum Gasteiger partial charge on any atom is -0.374 e. The van der Waals surface area contributed by atoms with Crippen molar-refractivity contribution >= 4 is 26.0 Å². The number of hydrogen-bond donors (Lipinski definition) is 5. The molecule has 12 nitrogen and oxygen atoms in total. The van der Waals surface area contributed by atoms with E-state index in [1.807, 2.05) is 5.09 Å². The number of rotatable bonds is 8. The molecule has 1 fully saturated rings. The van der Waals surface area contributed by atoms with Crippen molar-refractivity contribution in [2.75, 3.05) is 13.7 Å². The van der Waals surface area contributed by atoms with Crippen molar-refractivity contribution in [2.45, 2.75) is 44.0 Å². The Morgan fingerprint density at radius 2 is 2.00 bits per heavy atom. The molecule has 1 aromatic rings. The molecule has 0 aliphatic carbocycles. The van der Waals surface area contributed by atoms with Crippen LogP contribution in [0, 0.1) is 0 Å². The highest BCUT2D eigenvalue weighted by Crippen LogP contribution is 2.52. The molecule has 0 bridgehead atoms. The number of nitrogens with one attached hydrogen (secondary N) is 2. The first-order chi connectivity index (χ1) is 12.9. The lowest BCUT2D eigenvalue weighted by Gasteiger charge is -2.29. The quantitative estimate of drug-likeness (QED) is 0.309. The van der Waals surface area contributed by atoms with Gasteiger partial charge in [0.15, 0.2) is 12.7 Å². The zero-order valence-electron chi connectivity index (χ0n) is 15.3. The van der Waals surface area contributed by atoms with Crippen molar-refractivity contribution in [1.82, 2.24) is 14.6 Å². The Morgan fingerprint density at radius 1 is 1.36 bits per heavy atom. The van der Waals surface area contributed by atoms with E-state index in [-0.39, 0.29) is 6.54 Å². The second-order valence-electron chi connectivity index (χ2n) is 6.42. The van der Waals surface area contributed by atoms with Crippen molar-refractivity contribution in [3.05, 3.63) is 33.1 Å². The van der Waals surface area contributed by atoms with Crippen LogP contribution in [-0.4, -0.2) is 61.9 Å². The monoisotopic (exact) mass is 459 g/mol. The number of nitrogens with zero attached hydrogens (tertiary/aromatic N) is 1. The normalized spacial score (nSPS) is 27.8. The number of aromatic amines is 1. The number of aromatic nitrogens is 2. The molecule has 1 aliphatic heterocycles. The Kier molecular flexibility index (Phi) is 7.54. The van der Waals surface area contributed by atoms with E-state index in [1.54, 1.807) is 13.8 Å². The van der Waals surface area contributed by atoms with Crippen molar-refractivity contribution in [3.63, 3.8) is 0 Å². The van der Waals surface area contributed by atoms with Gasteiger partial charge in [-0.05, 0) is 11.8 Å². The summed E-state index contributed by atoms with van der Waals surface area (Å²) < 4.78 is 29.1. The third kappa shape index (κ3) is 5.67. The Morgan fingerprint density at radius 3 is 2.50 bits per heavy atom. The first kappa shape index (κ1) is 23.6. The van der Waals surface area contributed by atoms with Crippen LogP contribution in [-0.2, 0) is 30.4 Å². The Bertz CT molecular complexity index is 898. The smallest absolute Gasteiger partial charge is 0.374 e. The van der Waals surface area contributed by atoms with Gasteiger partial charge in [-0.15, -0.1) is 0 Å². The molecule has 2 rings (SSSR count). The molecule has 5 N–H and O–H groups in total. The van der Waals surface area contributed by atoms with Gasteiger partial charge in [0.25, 0.3) is 5.56 Å². The molecule has 0 spiro atoms. The fourth-order valence-corrected chi connectivity index (χ4v) is 4.17. The Hall–Kier alpha value is -0.720. The summed E-state index contributed by atoms with van der Waals surface area (Å²) in [5.41, 5.74) is -1.77. The molecule has 28 heavy (non-hydrogen) atoms. The first-order valence-electron chi connectivity index (χ1n) is 8.17. The summed E-state index contributed by atoms with van der Waals surface area (Å²) in [6.45, 7) is -0.318. The Balaban J connectivity index is 2.41. The maximum atomic E-state index is 12.1. The molecule has 1 aromatic heterocycles. The summed E-state index contributed by atoms with van der Waals surface area (Å²) in [6.07, 6.45) is -2.91. The summed E-state index contributed by atoms with van der Waals surface area (Å²) >= 11 is 5.16. The van der Waals surface area contributed by atoms with Crippen LogP contribution in [0.2, 0.25) is 0 Å². The minimum atomic E-state index is -4.57. The van der Waals surface area contributed by atoms with Crippen LogP contribution in [0.3, 0.4) is 0 Å². The van der Waals surface area contributed by atoms with Gasteiger partial charge in [-0.2, -0.15) is 0 Å². The molecular formula is C13H23N3O9P2S. The van der Waals surface area contributed by atoms with Crippen molar-refractivity contribution < 1.29 is 33.2 Å². The van der Waals surface area contributed by atoms with Gasteiger partial charge in [-0.1, -0.05) is 13.8 Å². The molecule has 15 heteroatoms. The number of hydrogen-bond acceptors (Lipinski definition) is 7. The van der Waals surface area contributed by atoms with E-state index in [9.17, 15) is 19.0 Å². The fourth-order valence-electron chi connectivity index (χ4n) is 2.61. The van der Waals surface area contributed by atoms with Crippen LogP contribution in [0.4, 0.5) is 0 Å². The molecular weight excluding hydrogens is 436 g/mol. The van der Waals surface area contributed by atoms with Gasteiger partial charge in [-0.25, -0.2) is 14.4 Å². The number of H-pyrrole nitrogens is 1. The molecule has 5 atom stereocenters. The summed E-state index contributed by atoms with van der Waals surface area (Å²) in [4.78, 5) is 54.2. The van der Waals surface area contributed by atoms with Crippen LogP contribution in [0.15, 0.2) is 21.9 Å². The van der Waals surface area contributed by atoms with E-state index < -0.39 is 55.7 Å². The van der Waals surface area contributed by atoms with E-state index in [2.05, 4.69) is 4.98 Å². The fraction of sp³-hybridized carbons (Fsp3) is 0.692. The van der Waals surface area contributed by atoms with Crippen molar-refractivity contribution in [1.29, 1.82) is 0 Å².